The van der Waals surface area contributed by atoms with Crippen LogP contribution in [0, 0.1) is 13.8 Å². The van der Waals surface area contributed by atoms with Gasteiger partial charge in [0.2, 0.25) is 11.9 Å². The normalized spacial score (nSPS) is 18.3. The van der Waals surface area contributed by atoms with Gasteiger partial charge in [-0.1, -0.05) is 108 Å². The Morgan fingerprint density at radius 3 is 1.97 bits per heavy atom. The number of hydrogen-bond donors (Lipinski definition) is 1. The summed E-state index contributed by atoms with van der Waals surface area (Å²) < 4.78 is 0. The third-order valence-corrected chi connectivity index (χ3v) is 7.02. The van der Waals surface area contributed by atoms with Gasteiger partial charge in [-0.15, -0.1) is 0 Å². The molecule has 1 fully saturated rings. The average Bonchev–Trinajstić information content (AvgIpc) is 3.18. The minimum Gasteiger partial charge on any atom is -0.368 e. The van der Waals surface area contributed by atoms with E-state index < -0.39 is 11.7 Å². The Kier molecular flexibility index (Phi) is 5.37. The Bertz CT molecular complexity index is 1490. The number of guanidine groups is 2. The van der Waals surface area contributed by atoms with E-state index in [1.54, 1.807) is 4.90 Å². The molecule has 1 amide bonds. The molecule has 1 saturated heterocycles. The topological polar surface area (TPSA) is 74.3 Å². The van der Waals surface area contributed by atoms with Gasteiger partial charge in [-0.05, 0) is 42.7 Å². The van der Waals surface area contributed by atoms with Gasteiger partial charge in [0.15, 0.2) is 11.7 Å². The summed E-state index contributed by atoms with van der Waals surface area (Å²) >= 11 is 0. The van der Waals surface area contributed by atoms with Crippen LogP contribution in [0.2, 0.25) is 0 Å². The number of hydrogen-bond acceptors (Lipinski definition) is 5. The van der Waals surface area contributed by atoms with Gasteiger partial charge in [0, 0.05) is 0 Å². The predicted molar refractivity (Wildman–Crippen MR) is 147 cm³/mol. The van der Waals surface area contributed by atoms with Crippen LogP contribution < -0.4 is 10.6 Å². The molecule has 2 heterocycles. The summed E-state index contributed by atoms with van der Waals surface area (Å²) in [6.07, 6.45) is -0.563. The molecule has 4 aromatic carbocycles. The maximum absolute atomic E-state index is 14.9. The second-order valence-electron chi connectivity index (χ2n) is 9.48. The van der Waals surface area contributed by atoms with Crippen LogP contribution in [0.4, 0.5) is 5.69 Å². The number of aliphatic imine (C=N–C) groups is 2. The first-order valence-electron chi connectivity index (χ1n) is 12.3. The molecule has 182 valence electrons. The summed E-state index contributed by atoms with van der Waals surface area (Å²) in [6, 6.07) is 35.8. The Hall–Kier alpha value is -4.71. The van der Waals surface area contributed by atoms with E-state index >= 15 is 0 Å². The van der Waals surface area contributed by atoms with Crippen LogP contribution in [0.3, 0.4) is 0 Å². The fourth-order valence-corrected chi connectivity index (χ4v) is 5.36. The highest BCUT2D eigenvalue weighted by Crippen LogP contribution is 2.50. The lowest BCUT2D eigenvalue weighted by Gasteiger charge is -2.41. The van der Waals surface area contributed by atoms with Gasteiger partial charge in [0.1, 0.15) is 0 Å². The van der Waals surface area contributed by atoms with Gasteiger partial charge >= 0.3 is 0 Å². The number of nitrogens with zero attached hydrogens (tertiary/aromatic N) is 4. The zero-order valence-corrected chi connectivity index (χ0v) is 20.7. The fraction of sp³-hybridized carbons (Fsp3) is 0.129. The van der Waals surface area contributed by atoms with E-state index in [1.165, 1.54) is 0 Å². The van der Waals surface area contributed by atoms with E-state index in [0.29, 0.717) is 5.96 Å². The highest BCUT2D eigenvalue weighted by molar-refractivity contribution is 6.28. The molecule has 0 radical (unpaired) electrons. The molecule has 1 atom stereocenters. The van der Waals surface area contributed by atoms with Crippen molar-refractivity contribution in [2.24, 2.45) is 15.7 Å². The largest absolute Gasteiger partial charge is 0.368 e. The van der Waals surface area contributed by atoms with Crippen LogP contribution in [0.15, 0.2) is 119 Å². The molecule has 0 aromatic heterocycles. The molecule has 2 N–H and O–H groups in total. The smallest absolute Gasteiger partial charge is 0.269 e. The summed E-state index contributed by atoms with van der Waals surface area (Å²) in [5, 5.41) is 0. The molecule has 1 unspecified atom stereocenters. The molecule has 6 heteroatoms. The van der Waals surface area contributed by atoms with E-state index in [2.05, 4.69) is 6.07 Å². The predicted octanol–water partition coefficient (Wildman–Crippen LogP) is 5.28. The van der Waals surface area contributed by atoms with Gasteiger partial charge in [0.25, 0.3) is 5.91 Å². The quantitative estimate of drug-likeness (QED) is 0.427. The minimum absolute atomic E-state index is 0.130. The number of nitrogens with two attached hydrogens (primary N) is 1. The average molecular weight is 486 g/mol. The van der Waals surface area contributed by atoms with Crippen LogP contribution in [0.1, 0.15) is 34.0 Å². The molecule has 0 spiro atoms. The Morgan fingerprint density at radius 2 is 1.38 bits per heavy atom. The highest BCUT2D eigenvalue weighted by Gasteiger charge is 2.62. The summed E-state index contributed by atoms with van der Waals surface area (Å²) in [5.41, 5.74) is 10.6. The standard InChI is InChI=1S/C31H27N5O/c1-21-16-18-26(19-17-21)35-28(37)31(24-12-5-3-6-13-24,25-14-7-4-8-15-25)36-27(33-29(32)34-30(35)36)23-11-9-10-22(2)20-23/h3-20,27H,1-2H3,(H2,32,33). The molecule has 6 rings (SSSR count). The molecule has 37 heavy (non-hydrogen) atoms. The van der Waals surface area contributed by atoms with Crippen LogP contribution in [-0.2, 0) is 10.3 Å². The van der Waals surface area contributed by atoms with Gasteiger partial charge in [-0.3, -0.25) is 9.69 Å². The first-order chi connectivity index (χ1) is 18.0. The third-order valence-electron chi connectivity index (χ3n) is 7.02. The SMILES string of the molecule is Cc1ccc(N2C(=O)C(c3ccccc3)(c3ccccc3)N3C2=NC(N)=NC3c2cccc(C)c2)cc1. The molecule has 2 aliphatic heterocycles. The number of carbonyl (C=O) groups is 1. The molecular formula is C31H27N5O. The molecule has 0 saturated carbocycles. The summed E-state index contributed by atoms with van der Waals surface area (Å²) in [6.45, 7) is 4.07. The van der Waals surface area contributed by atoms with Gasteiger partial charge < -0.3 is 5.73 Å². The number of fused-ring (bicyclic) bond motifs is 1. The molecular weight excluding hydrogens is 458 g/mol. The van der Waals surface area contributed by atoms with E-state index in [-0.39, 0.29) is 11.9 Å². The van der Waals surface area contributed by atoms with Crippen molar-refractivity contribution in [1.29, 1.82) is 0 Å². The number of anilines is 1. The lowest BCUT2D eigenvalue weighted by atomic mass is 9.80. The molecule has 2 aliphatic rings. The highest BCUT2D eigenvalue weighted by atomic mass is 16.2. The van der Waals surface area contributed by atoms with Crippen LogP contribution >= 0.6 is 0 Å². The van der Waals surface area contributed by atoms with Crippen molar-refractivity contribution < 1.29 is 4.79 Å². The van der Waals surface area contributed by atoms with Crippen molar-refractivity contribution in [3.05, 3.63) is 137 Å². The third kappa shape index (κ3) is 3.52. The number of carbonyl (C=O) groups excluding carboxylic acids is 1. The van der Waals surface area contributed by atoms with Gasteiger partial charge in [-0.25, -0.2) is 9.89 Å². The first kappa shape index (κ1) is 22.7. The summed E-state index contributed by atoms with van der Waals surface area (Å²) in [5.74, 6) is 0.468. The number of aryl methyl sites for hydroxylation is 2. The van der Waals surface area contributed by atoms with E-state index in [0.717, 1.165) is 33.5 Å². The second-order valence-corrected chi connectivity index (χ2v) is 9.48. The number of amides is 1. The van der Waals surface area contributed by atoms with Crippen LogP contribution in [-0.4, -0.2) is 22.7 Å². The maximum Gasteiger partial charge on any atom is 0.269 e. The van der Waals surface area contributed by atoms with Gasteiger partial charge in [0.05, 0.1) is 5.69 Å². The lowest BCUT2D eigenvalue weighted by Crippen LogP contribution is -2.51. The van der Waals surface area contributed by atoms with Crippen LogP contribution in [0.25, 0.3) is 0 Å². The first-order valence-corrected chi connectivity index (χ1v) is 12.3. The second kappa shape index (κ2) is 8.75. The van der Waals surface area contributed by atoms with Crippen molar-refractivity contribution in [2.45, 2.75) is 25.6 Å². The van der Waals surface area contributed by atoms with Gasteiger partial charge in [-0.2, -0.15) is 4.99 Å². The molecule has 0 bridgehead atoms. The van der Waals surface area contributed by atoms with Crippen LogP contribution in [0.5, 0.6) is 0 Å². The summed E-state index contributed by atoms with van der Waals surface area (Å²) in [4.78, 5) is 28.2. The van der Waals surface area contributed by atoms with E-state index in [4.69, 9.17) is 15.7 Å². The Balaban J connectivity index is 1.69. The lowest BCUT2D eigenvalue weighted by molar-refractivity contribution is -0.124. The Labute approximate surface area is 216 Å². The van der Waals surface area contributed by atoms with Crippen molar-refractivity contribution in [3.8, 4) is 0 Å². The van der Waals surface area contributed by atoms with Crippen molar-refractivity contribution in [2.75, 3.05) is 4.90 Å². The van der Waals surface area contributed by atoms with Crippen molar-refractivity contribution >= 4 is 23.5 Å². The number of benzene rings is 4. The summed E-state index contributed by atoms with van der Waals surface area (Å²) in [7, 11) is 0. The monoisotopic (exact) mass is 485 g/mol. The molecule has 0 aliphatic carbocycles. The van der Waals surface area contributed by atoms with Crippen molar-refractivity contribution in [3.63, 3.8) is 0 Å². The fourth-order valence-electron chi connectivity index (χ4n) is 5.36. The van der Waals surface area contributed by atoms with E-state index in [1.807, 2.05) is 122 Å². The zero-order chi connectivity index (χ0) is 25.6. The van der Waals surface area contributed by atoms with Crippen molar-refractivity contribution in [1.82, 2.24) is 4.90 Å². The van der Waals surface area contributed by atoms with E-state index in [9.17, 15) is 4.79 Å². The minimum atomic E-state index is -1.22. The Morgan fingerprint density at radius 1 is 0.757 bits per heavy atom. The molecule has 4 aromatic rings. The maximum atomic E-state index is 14.9. The molecule has 6 nitrogen and oxygen atoms in total. The zero-order valence-electron chi connectivity index (χ0n) is 20.7. The number of rotatable bonds is 4.